The fourth-order valence-corrected chi connectivity index (χ4v) is 2.77. The van der Waals surface area contributed by atoms with Crippen LogP contribution in [0.5, 0.6) is 0 Å². The van der Waals surface area contributed by atoms with Gasteiger partial charge < -0.3 is 15.1 Å². The summed E-state index contributed by atoms with van der Waals surface area (Å²) in [5, 5.41) is 3.21. The van der Waals surface area contributed by atoms with Crippen molar-refractivity contribution in [3.63, 3.8) is 0 Å². The maximum atomic E-state index is 4.71. The van der Waals surface area contributed by atoms with Crippen LogP contribution in [0.3, 0.4) is 0 Å². The minimum Gasteiger partial charge on any atom is -0.355 e. The largest absolute Gasteiger partial charge is 0.355 e. The molecule has 1 atom stereocenters. The second kappa shape index (κ2) is 6.35. The van der Waals surface area contributed by atoms with Crippen LogP contribution >= 0.6 is 0 Å². The van der Waals surface area contributed by atoms with Gasteiger partial charge in [0, 0.05) is 31.4 Å². The second-order valence-corrected chi connectivity index (χ2v) is 5.71. The van der Waals surface area contributed by atoms with E-state index >= 15 is 0 Å². The van der Waals surface area contributed by atoms with Crippen LogP contribution in [0.2, 0.25) is 0 Å². The minimum absolute atomic E-state index is 0.642. The Kier molecular flexibility index (Phi) is 4.77. The lowest BCUT2D eigenvalue weighted by Crippen LogP contribution is -2.45. The quantitative estimate of drug-likeness (QED) is 0.894. The van der Waals surface area contributed by atoms with Crippen LogP contribution in [0.25, 0.3) is 0 Å². The Balaban J connectivity index is 2.16. The van der Waals surface area contributed by atoms with Crippen LogP contribution in [-0.4, -0.2) is 50.2 Å². The molecule has 106 valence electrons. The Morgan fingerprint density at radius 3 is 2.89 bits per heavy atom. The van der Waals surface area contributed by atoms with Crippen LogP contribution in [0.1, 0.15) is 24.1 Å². The van der Waals surface area contributed by atoms with Gasteiger partial charge in [0.15, 0.2) is 0 Å². The second-order valence-electron chi connectivity index (χ2n) is 5.71. The van der Waals surface area contributed by atoms with Gasteiger partial charge in [-0.2, -0.15) is 0 Å². The molecular weight excluding hydrogens is 236 g/mol. The van der Waals surface area contributed by atoms with E-state index in [1.54, 1.807) is 0 Å². The Labute approximate surface area is 116 Å². The number of rotatable bonds is 4. The number of aromatic nitrogens is 1. The molecule has 0 aliphatic carbocycles. The van der Waals surface area contributed by atoms with E-state index in [-0.39, 0.29) is 0 Å². The Hall–Kier alpha value is -1.13. The number of likely N-dealkylation sites (N-methyl/N-ethyl adjacent to an activating group) is 1. The molecule has 0 saturated carbocycles. The van der Waals surface area contributed by atoms with Crippen LogP contribution < -0.4 is 10.2 Å². The van der Waals surface area contributed by atoms with Crippen LogP contribution in [0.15, 0.2) is 12.1 Å². The van der Waals surface area contributed by atoms with Gasteiger partial charge in [-0.3, -0.25) is 0 Å². The van der Waals surface area contributed by atoms with E-state index < -0.39 is 0 Å². The summed E-state index contributed by atoms with van der Waals surface area (Å²) in [4.78, 5) is 9.47. The average molecular weight is 262 g/mol. The summed E-state index contributed by atoms with van der Waals surface area (Å²) in [6.45, 7) is 5.19. The number of hydrogen-bond acceptors (Lipinski definition) is 4. The van der Waals surface area contributed by atoms with Gasteiger partial charge in [-0.15, -0.1) is 0 Å². The number of anilines is 1. The van der Waals surface area contributed by atoms with E-state index in [9.17, 15) is 0 Å². The number of aryl methyl sites for hydroxylation is 1. The van der Waals surface area contributed by atoms with E-state index in [1.807, 2.05) is 7.05 Å². The normalized spacial score (nSPS) is 20.1. The summed E-state index contributed by atoms with van der Waals surface area (Å²) >= 11 is 0. The predicted octanol–water partition coefficient (Wildman–Crippen LogP) is 1.64. The zero-order valence-electron chi connectivity index (χ0n) is 12.6. The summed E-state index contributed by atoms with van der Waals surface area (Å²) in [6.07, 6.45) is 2.54. The number of nitrogens with one attached hydrogen (secondary N) is 1. The summed E-state index contributed by atoms with van der Waals surface area (Å²) in [5.41, 5.74) is 2.42. The molecule has 2 rings (SSSR count). The molecule has 1 aliphatic rings. The molecule has 1 fully saturated rings. The first kappa shape index (κ1) is 14.3. The molecule has 0 bridgehead atoms. The van der Waals surface area contributed by atoms with Gasteiger partial charge in [-0.25, -0.2) is 4.98 Å². The standard InChI is InChI=1S/C15H26N4/c1-12-8-13(10-16-2)9-15(17-12)19-7-5-6-14(11-19)18(3)4/h8-9,14,16H,5-7,10-11H2,1-4H3. The molecule has 1 N–H and O–H groups in total. The zero-order chi connectivity index (χ0) is 13.8. The molecule has 1 aromatic rings. The first-order valence-corrected chi connectivity index (χ1v) is 7.13. The monoisotopic (exact) mass is 262 g/mol. The molecule has 19 heavy (non-hydrogen) atoms. The molecule has 4 nitrogen and oxygen atoms in total. The van der Waals surface area contributed by atoms with Gasteiger partial charge in [0.25, 0.3) is 0 Å². The number of pyridine rings is 1. The highest BCUT2D eigenvalue weighted by Crippen LogP contribution is 2.21. The number of hydrogen-bond donors (Lipinski definition) is 1. The lowest BCUT2D eigenvalue weighted by Gasteiger charge is -2.37. The molecular formula is C15H26N4. The van der Waals surface area contributed by atoms with E-state index in [1.165, 1.54) is 18.4 Å². The third-order valence-corrected chi connectivity index (χ3v) is 3.83. The van der Waals surface area contributed by atoms with Gasteiger partial charge in [-0.1, -0.05) is 0 Å². The third kappa shape index (κ3) is 3.67. The van der Waals surface area contributed by atoms with E-state index in [2.05, 4.69) is 48.3 Å². The lowest BCUT2D eigenvalue weighted by atomic mass is 10.0. The van der Waals surface area contributed by atoms with E-state index in [4.69, 9.17) is 4.98 Å². The molecule has 2 heterocycles. The van der Waals surface area contributed by atoms with Crippen molar-refractivity contribution in [2.24, 2.45) is 0 Å². The predicted molar refractivity (Wildman–Crippen MR) is 80.7 cm³/mol. The Morgan fingerprint density at radius 2 is 2.21 bits per heavy atom. The van der Waals surface area contributed by atoms with Crippen molar-refractivity contribution in [3.05, 3.63) is 23.4 Å². The van der Waals surface area contributed by atoms with Crippen LogP contribution in [0.4, 0.5) is 5.82 Å². The highest BCUT2D eigenvalue weighted by atomic mass is 15.2. The molecule has 0 radical (unpaired) electrons. The van der Waals surface area contributed by atoms with Crippen molar-refractivity contribution in [2.75, 3.05) is 39.1 Å². The summed E-state index contributed by atoms with van der Waals surface area (Å²) in [6, 6.07) is 5.03. The summed E-state index contributed by atoms with van der Waals surface area (Å²) in [5.74, 6) is 1.14. The third-order valence-electron chi connectivity index (χ3n) is 3.83. The molecule has 0 spiro atoms. The average Bonchev–Trinajstić information content (AvgIpc) is 2.38. The van der Waals surface area contributed by atoms with Gasteiger partial charge in [0.05, 0.1) is 0 Å². The number of piperidine rings is 1. The smallest absolute Gasteiger partial charge is 0.129 e. The molecule has 1 aliphatic heterocycles. The van der Waals surface area contributed by atoms with Gasteiger partial charge in [-0.05, 0) is 58.6 Å². The first-order chi connectivity index (χ1) is 9.10. The topological polar surface area (TPSA) is 31.4 Å². The SMILES string of the molecule is CNCc1cc(C)nc(N2CCCC(N(C)C)C2)c1. The maximum Gasteiger partial charge on any atom is 0.129 e. The number of nitrogens with zero attached hydrogens (tertiary/aromatic N) is 3. The van der Waals surface area contributed by atoms with Gasteiger partial charge in [0.1, 0.15) is 5.82 Å². The van der Waals surface area contributed by atoms with Crippen molar-refractivity contribution in [3.8, 4) is 0 Å². The minimum atomic E-state index is 0.642. The molecule has 4 heteroatoms. The molecule has 0 amide bonds. The van der Waals surface area contributed by atoms with E-state index in [0.29, 0.717) is 6.04 Å². The molecule has 0 aromatic carbocycles. The van der Waals surface area contributed by atoms with Crippen molar-refractivity contribution in [2.45, 2.75) is 32.4 Å². The van der Waals surface area contributed by atoms with Gasteiger partial charge in [0.2, 0.25) is 0 Å². The van der Waals surface area contributed by atoms with E-state index in [0.717, 1.165) is 31.1 Å². The zero-order valence-corrected chi connectivity index (χ0v) is 12.6. The van der Waals surface area contributed by atoms with Crippen molar-refractivity contribution in [1.29, 1.82) is 0 Å². The molecule has 1 aromatic heterocycles. The van der Waals surface area contributed by atoms with Crippen LogP contribution in [-0.2, 0) is 6.54 Å². The van der Waals surface area contributed by atoms with Crippen molar-refractivity contribution < 1.29 is 0 Å². The molecule has 1 unspecified atom stereocenters. The van der Waals surface area contributed by atoms with Crippen molar-refractivity contribution >= 4 is 5.82 Å². The summed E-state index contributed by atoms with van der Waals surface area (Å²) in [7, 11) is 6.33. The fourth-order valence-electron chi connectivity index (χ4n) is 2.77. The van der Waals surface area contributed by atoms with Gasteiger partial charge >= 0.3 is 0 Å². The summed E-state index contributed by atoms with van der Waals surface area (Å²) < 4.78 is 0. The highest BCUT2D eigenvalue weighted by molar-refractivity contribution is 5.43. The van der Waals surface area contributed by atoms with Crippen LogP contribution in [0, 0.1) is 6.92 Å². The molecule has 1 saturated heterocycles. The lowest BCUT2D eigenvalue weighted by molar-refractivity contribution is 0.257. The first-order valence-electron chi connectivity index (χ1n) is 7.13. The Bertz CT molecular complexity index is 417. The van der Waals surface area contributed by atoms with Crippen molar-refractivity contribution in [1.82, 2.24) is 15.2 Å². The highest BCUT2D eigenvalue weighted by Gasteiger charge is 2.22. The Morgan fingerprint density at radius 1 is 1.42 bits per heavy atom. The maximum absolute atomic E-state index is 4.71. The fraction of sp³-hybridized carbons (Fsp3) is 0.667.